The minimum Gasteiger partial charge on any atom is -0.394 e. The van der Waals surface area contributed by atoms with E-state index in [-0.39, 0.29) is 18.7 Å². The maximum Gasteiger partial charge on any atom is 0.0626 e. The van der Waals surface area contributed by atoms with Gasteiger partial charge < -0.3 is 16.2 Å². The van der Waals surface area contributed by atoms with Crippen LogP contribution < -0.4 is 11.1 Å². The van der Waals surface area contributed by atoms with Gasteiger partial charge in [0.25, 0.3) is 0 Å². The molecule has 1 rings (SSSR count). The number of nitrogens with two attached hydrogens (primary N) is 1. The quantitative estimate of drug-likeness (QED) is 0.645. The van der Waals surface area contributed by atoms with Crippen molar-refractivity contribution in [1.29, 1.82) is 0 Å². The fourth-order valence-corrected chi connectivity index (χ4v) is 1.35. The van der Waals surface area contributed by atoms with Crippen LogP contribution in [0.2, 0.25) is 0 Å². The maximum atomic E-state index is 9.22. The zero-order valence-corrected chi connectivity index (χ0v) is 8.48. The van der Waals surface area contributed by atoms with E-state index < -0.39 is 0 Å². The third kappa shape index (κ3) is 3.10. The van der Waals surface area contributed by atoms with Crippen molar-refractivity contribution in [2.75, 3.05) is 13.2 Å². The molecule has 0 fully saturated rings. The Labute approximate surface area is 84.9 Å². The first kappa shape index (κ1) is 11.2. The van der Waals surface area contributed by atoms with Crippen LogP contribution in [0, 0.1) is 0 Å². The summed E-state index contributed by atoms with van der Waals surface area (Å²) in [6.45, 7) is 2.67. The Kier molecular flexibility index (Phi) is 4.59. The number of nitrogens with one attached hydrogen (secondary N) is 1. The molecule has 0 saturated heterocycles. The summed E-state index contributed by atoms with van der Waals surface area (Å²) in [5.74, 6) is 0. The van der Waals surface area contributed by atoms with Crippen LogP contribution in [0.4, 0.5) is 0 Å². The molecule has 1 aromatic carbocycles. The van der Waals surface area contributed by atoms with Crippen molar-refractivity contribution in [3.8, 4) is 0 Å². The summed E-state index contributed by atoms with van der Waals surface area (Å²) in [7, 11) is 0. The highest BCUT2D eigenvalue weighted by Gasteiger charge is 2.11. The molecule has 1 aromatic rings. The van der Waals surface area contributed by atoms with Crippen molar-refractivity contribution in [2.45, 2.75) is 19.0 Å². The summed E-state index contributed by atoms with van der Waals surface area (Å²) in [5.41, 5.74) is 6.60. The van der Waals surface area contributed by atoms with Crippen molar-refractivity contribution in [1.82, 2.24) is 5.32 Å². The van der Waals surface area contributed by atoms with Gasteiger partial charge in [0, 0.05) is 12.6 Å². The van der Waals surface area contributed by atoms with Crippen molar-refractivity contribution < 1.29 is 5.11 Å². The molecule has 0 radical (unpaired) electrons. The van der Waals surface area contributed by atoms with E-state index in [1.807, 2.05) is 37.3 Å². The normalized spacial score (nSPS) is 15.1. The highest BCUT2D eigenvalue weighted by molar-refractivity contribution is 5.19. The first-order valence-electron chi connectivity index (χ1n) is 4.90. The van der Waals surface area contributed by atoms with E-state index in [9.17, 15) is 5.11 Å². The van der Waals surface area contributed by atoms with Gasteiger partial charge in [0.2, 0.25) is 0 Å². The van der Waals surface area contributed by atoms with Crippen LogP contribution in [0.25, 0.3) is 0 Å². The largest absolute Gasteiger partial charge is 0.394 e. The van der Waals surface area contributed by atoms with Crippen molar-refractivity contribution in [3.63, 3.8) is 0 Å². The second kappa shape index (κ2) is 5.75. The number of hydrogen-bond donors (Lipinski definition) is 3. The lowest BCUT2D eigenvalue weighted by Gasteiger charge is -2.20. The molecule has 0 bridgehead atoms. The summed E-state index contributed by atoms with van der Waals surface area (Å²) in [6.07, 6.45) is 0. The van der Waals surface area contributed by atoms with Gasteiger partial charge in [-0.05, 0) is 12.5 Å². The van der Waals surface area contributed by atoms with Crippen LogP contribution in [-0.4, -0.2) is 24.3 Å². The minimum atomic E-state index is -0.0188. The van der Waals surface area contributed by atoms with Gasteiger partial charge in [0.1, 0.15) is 0 Å². The van der Waals surface area contributed by atoms with Gasteiger partial charge >= 0.3 is 0 Å². The minimum absolute atomic E-state index is 0.0188. The lowest BCUT2D eigenvalue weighted by atomic mass is 10.1. The van der Waals surface area contributed by atoms with Gasteiger partial charge in [-0.25, -0.2) is 0 Å². The second-order valence-electron chi connectivity index (χ2n) is 3.45. The Bertz CT molecular complexity index is 251. The molecule has 2 unspecified atom stereocenters. The van der Waals surface area contributed by atoms with Crippen LogP contribution in [-0.2, 0) is 0 Å². The van der Waals surface area contributed by atoms with Gasteiger partial charge in [-0.2, -0.15) is 0 Å². The van der Waals surface area contributed by atoms with Gasteiger partial charge in [-0.3, -0.25) is 0 Å². The molecule has 0 spiro atoms. The monoisotopic (exact) mass is 194 g/mol. The molecule has 4 N–H and O–H groups in total. The number of benzene rings is 1. The summed E-state index contributed by atoms with van der Waals surface area (Å²) < 4.78 is 0. The van der Waals surface area contributed by atoms with E-state index >= 15 is 0 Å². The topological polar surface area (TPSA) is 58.3 Å². The van der Waals surface area contributed by atoms with Gasteiger partial charge in [-0.1, -0.05) is 30.3 Å². The molecule has 0 heterocycles. The summed E-state index contributed by atoms with van der Waals surface area (Å²) in [4.78, 5) is 0. The predicted octanol–water partition coefficient (Wildman–Crippen LogP) is 0.657. The molecule has 14 heavy (non-hydrogen) atoms. The maximum absolute atomic E-state index is 9.22. The molecule has 3 heteroatoms. The molecule has 0 aliphatic carbocycles. The first-order valence-corrected chi connectivity index (χ1v) is 4.90. The Morgan fingerprint density at radius 1 is 1.36 bits per heavy atom. The van der Waals surface area contributed by atoms with E-state index in [1.54, 1.807) is 0 Å². The van der Waals surface area contributed by atoms with Crippen LogP contribution >= 0.6 is 0 Å². The van der Waals surface area contributed by atoms with Crippen LogP contribution in [0.3, 0.4) is 0 Å². The molecule has 0 amide bonds. The summed E-state index contributed by atoms with van der Waals surface area (Å²) in [5, 5.41) is 12.5. The van der Waals surface area contributed by atoms with E-state index in [0.717, 1.165) is 5.56 Å². The lowest BCUT2D eigenvalue weighted by molar-refractivity contribution is 0.236. The number of hydrogen-bond acceptors (Lipinski definition) is 3. The predicted molar refractivity (Wildman–Crippen MR) is 57.9 cm³/mol. The molecule has 0 aromatic heterocycles. The molecule has 0 saturated carbocycles. The molecule has 78 valence electrons. The Morgan fingerprint density at radius 3 is 2.50 bits per heavy atom. The average molecular weight is 194 g/mol. The van der Waals surface area contributed by atoms with Crippen LogP contribution in [0.15, 0.2) is 30.3 Å². The highest BCUT2D eigenvalue weighted by atomic mass is 16.3. The zero-order chi connectivity index (χ0) is 10.4. The summed E-state index contributed by atoms with van der Waals surface area (Å²) >= 11 is 0. The third-order valence-electron chi connectivity index (χ3n) is 2.22. The van der Waals surface area contributed by atoms with Gasteiger partial charge in [-0.15, -0.1) is 0 Å². The molecule has 2 atom stereocenters. The number of rotatable bonds is 5. The van der Waals surface area contributed by atoms with E-state index in [0.29, 0.717) is 6.54 Å². The van der Waals surface area contributed by atoms with Gasteiger partial charge in [0.05, 0.1) is 12.6 Å². The Balaban J connectivity index is 2.63. The van der Waals surface area contributed by atoms with E-state index in [4.69, 9.17) is 5.73 Å². The lowest BCUT2D eigenvalue weighted by Crippen LogP contribution is -2.37. The van der Waals surface area contributed by atoms with E-state index in [2.05, 4.69) is 5.32 Å². The Hall–Kier alpha value is -0.900. The highest BCUT2D eigenvalue weighted by Crippen LogP contribution is 2.11. The number of aliphatic hydroxyl groups is 1. The van der Waals surface area contributed by atoms with E-state index in [1.165, 1.54) is 0 Å². The zero-order valence-electron chi connectivity index (χ0n) is 8.48. The van der Waals surface area contributed by atoms with Crippen molar-refractivity contribution in [3.05, 3.63) is 35.9 Å². The van der Waals surface area contributed by atoms with Crippen LogP contribution in [0.5, 0.6) is 0 Å². The molecule has 0 aliphatic rings. The van der Waals surface area contributed by atoms with Crippen molar-refractivity contribution >= 4 is 0 Å². The smallest absolute Gasteiger partial charge is 0.0626 e. The standard InChI is InChI=1S/C11H18N2O/c1-9(7-12)13-11(8-14)10-5-3-2-4-6-10/h2-6,9,11,13-14H,7-8,12H2,1H3. The average Bonchev–Trinajstić information content (AvgIpc) is 2.26. The number of aliphatic hydroxyl groups excluding tert-OH is 1. The molecular weight excluding hydrogens is 176 g/mol. The second-order valence-corrected chi connectivity index (χ2v) is 3.45. The summed E-state index contributed by atoms with van der Waals surface area (Å²) in [6, 6.07) is 10.1. The first-order chi connectivity index (χ1) is 6.77. The molecule has 3 nitrogen and oxygen atoms in total. The molecule has 0 aliphatic heterocycles. The fraction of sp³-hybridized carbons (Fsp3) is 0.455. The Morgan fingerprint density at radius 2 is 2.00 bits per heavy atom. The van der Waals surface area contributed by atoms with Crippen LogP contribution in [0.1, 0.15) is 18.5 Å². The van der Waals surface area contributed by atoms with Gasteiger partial charge in [0.15, 0.2) is 0 Å². The third-order valence-corrected chi connectivity index (χ3v) is 2.22. The van der Waals surface area contributed by atoms with Crippen molar-refractivity contribution in [2.24, 2.45) is 5.73 Å². The fourth-order valence-electron chi connectivity index (χ4n) is 1.35. The molecular formula is C11H18N2O. The SMILES string of the molecule is CC(CN)NC(CO)c1ccccc1.